The maximum absolute atomic E-state index is 14.2. The lowest BCUT2D eigenvalue weighted by Gasteiger charge is -2.28. The number of carbonyl (C=O) groups is 1. The van der Waals surface area contributed by atoms with Crippen LogP contribution in [0.4, 0.5) is 64.1 Å². The zero-order chi connectivity index (χ0) is 49.6. The molecule has 0 amide bonds. The first kappa shape index (κ1) is 51.3. The molecule has 4 heterocycles. The van der Waals surface area contributed by atoms with Crippen LogP contribution in [0, 0.1) is 25.5 Å². The molecule has 364 valence electrons. The number of morpholine rings is 2. The predicted octanol–water partition coefficient (Wildman–Crippen LogP) is 9.30. The van der Waals surface area contributed by atoms with Gasteiger partial charge in [-0.3, -0.25) is 15.2 Å². The summed E-state index contributed by atoms with van der Waals surface area (Å²) in [6, 6.07) is 21.0. The van der Waals surface area contributed by atoms with Gasteiger partial charge in [0.05, 0.1) is 56.5 Å². The van der Waals surface area contributed by atoms with Crippen molar-refractivity contribution in [1.82, 2.24) is 19.9 Å². The first-order chi connectivity index (χ1) is 33.0. The van der Waals surface area contributed by atoms with Crippen LogP contribution in [0.5, 0.6) is 0 Å². The number of aldehydes is 1. The topological polar surface area (TPSA) is 156 Å². The highest BCUT2D eigenvalue weighted by atomic mass is 19.4. The fraction of sp³-hybridized carbons (Fsp3) is 0.292. The normalized spacial score (nSPS) is 14.1. The number of aryl methyl sites for hydroxylation is 2. The van der Waals surface area contributed by atoms with E-state index in [2.05, 4.69) is 35.7 Å². The SMILES string of the molecule is Cc1cc(Cc2cccc(C(F)(F)F)c2)ccc1C=O.Cc1cc(Nc2cccc(C(F)(F)F)c2)ccc1C=NCc1ncc(F)c(N2CCOCC2)n1.NNc1ncc(F)c(N2CCOCC2)n1. The lowest BCUT2D eigenvalue weighted by atomic mass is 9.99. The van der Waals surface area contributed by atoms with Gasteiger partial charge in [0.15, 0.2) is 29.1 Å². The third-order valence-corrected chi connectivity index (χ3v) is 10.6. The molecule has 4 N–H and O–H groups in total. The van der Waals surface area contributed by atoms with Gasteiger partial charge in [-0.1, -0.05) is 48.5 Å². The summed E-state index contributed by atoms with van der Waals surface area (Å²) in [7, 11) is 0. The molecule has 2 aliphatic heterocycles. The number of alkyl halides is 6. The van der Waals surface area contributed by atoms with Crippen LogP contribution in [0.2, 0.25) is 0 Å². The molecule has 21 heteroatoms. The van der Waals surface area contributed by atoms with Crippen molar-refractivity contribution in [2.75, 3.05) is 73.1 Å². The van der Waals surface area contributed by atoms with E-state index in [1.807, 2.05) is 30.0 Å². The average Bonchev–Trinajstić information content (AvgIpc) is 3.33. The molecule has 0 saturated carbocycles. The number of anilines is 5. The van der Waals surface area contributed by atoms with Gasteiger partial charge >= 0.3 is 12.4 Å². The molecule has 2 aliphatic rings. The van der Waals surface area contributed by atoms with E-state index in [9.17, 15) is 39.9 Å². The number of nitrogens with zero attached hydrogens (tertiary/aromatic N) is 7. The molecular formula is C48H48F8N10O3. The summed E-state index contributed by atoms with van der Waals surface area (Å²) >= 11 is 0. The molecule has 13 nitrogen and oxygen atoms in total. The number of carbonyl (C=O) groups excluding carboxylic acids is 1. The smallest absolute Gasteiger partial charge is 0.378 e. The number of hydrazine groups is 1. The minimum absolute atomic E-state index is 0.182. The van der Waals surface area contributed by atoms with E-state index in [1.54, 1.807) is 48.4 Å². The lowest BCUT2D eigenvalue weighted by molar-refractivity contribution is -0.138. The fourth-order valence-corrected chi connectivity index (χ4v) is 7.03. The summed E-state index contributed by atoms with van der Waals surface area (Å²) in [6.07, 6.45) is -3.62. The number of nitrogens with two attached hydrogens (primary N) is 1. The van der Waals surface area contributed by atoms with Crippen LogP contribution in [0.25, 0.3) is 0 Å². The first-order valence-corrected chi connectivity index (χ1v) is 21.4. The van der Waals surface area contributed by atoms with Crippen molar-refractivity contribution >= 4 is 41.5 Å². The number of hydrogen-bond acceptors (Lipinski definition) is 13. The standard InChI is InChI=1S/C24H23F4N5O.C16H13F3O.C8H12FN5O/c1-16-11-20(31-19-4-2-3-18(12-19)24(26,27)28)6-5-17(16)13-29-15-22-30-14-21(25)23(32-22)33-7-9-34-10-8-33;1-11-7-13(5-6-14(11)10-20)8-12-3-2-4-15(9-12)16(17,18)19;9-6-5-11-8(13-10)12-7(6)14-1-3-15-4-2-14/h2-6,11-14,31H,7-10,15H2,1H3;2-7,9-10H,8H2,1H3;5H,1-4,10H2,(H,11,12,13). The molecule has 8 rings (SSSR count). The highest BCUT2D eigenvalue weighted by molar-refractivity contribution is 5.83. The van der Waals surface area contributed by atoms with Gasteiger partial charge in [-0.15, -0.1) is 0 Å². The van der Waals surface area contributed by atoms with Crippen molar-refractivity contribution < 1.29 is 49.4 Å². The molecule has 0 aliphatic carbocycles. The Morgan fingerprint density at radius 2 is 1.23 bits per heavy atom. The van der Waals surface area contributed by atoms with Gasteiger partial charge in [0, 0.05) is 49.3 Å². The number of aliphatic imine (C=N–C) groups is 1. The molecule has 2 saturated heterocycles. The highest BCUT2D eigenvalue weighted by Gasteiger charge is 2.31. The summed E-state index contributed by atoms with van der Waals surface area (Å²) < 4.78 is 115. The van der Waals surface area contributed by atoms with Crippen molar-refractivity contribution in [3.05, 3.63) is 159 Å². The number of ether oxygens (including phenoxy) is 2. The van der Waals surface area contributed by atoms with Crippen LogP contribution in [-0.4, -0.2) is 85.0 Å². The quantitative estimate of drug-likeness (QED) is 0.0373. The molecule has 0 atom stereocenters. The monoisotopic (exact) mass is 964 g/mol. The summed E-state index contributed by atoms with van der Waals surface area (Å²) in [5.74, 6) is 5.36. The Labute approximate surface area is 392 Å². The zero-order valence-electron chi connectivity index (χ0n) is 37.4. The van der Waals surface area contributed by atoms with Gasteiger partial charge in [-0.05, 0) is 84.5 Å². The Kier molecular flexibility index (Phi) is 17.7. The van der Waals surface area contributed by atoms with Gasteiger partial charge in [-0.25, -0.2) is 29.6 Å². The molecule has 0 spiro atoms. The second-order valence-corrected chi connectivity index (χ2v) is 15.6. The summed E-state index contributed by atoms with van der Waals surface area (Å²) in [6.45, 7) is 8.45. The number of benzene rings is 4. The van der Waals surface area contributed by atoms with E-state index in [4.69, 9.17) is 15.3 Å². The molecule has 2 fully saturated rings. The third kappa shape index (κ3) is 14.9. The van der Waals surface area contributed by atoms with Crippen LogP contribution >= 0.6 is 0 Å². The van der Waals surface area contributed by atoms with E-state index in [1.165, 1.54) is 12.1 Å². The van der Waals surface area contributed by atoms with Crippen molar-refractivity contribution in [2.45, 2.75) is 39.2 Å². The lowest BCUT2D eigenvalue weighted by Crippen LogP contribution is -2.37. The Bertz CT molecular complexity index is 2690. The van der Waals surface area contributed by atoms with Gasteiger partial charge in [-0.2, -0.15) is 31.3 Å². The largest absolute Gasteiger partial charge is 0.416 e. The molecule has 0 radical (unpaired) electrons. The molecule has 69 heavy (non-hydrogen) atoms. The first-order valence-electron chi connectivity index (χ1n) is 21.4. The number of hydrogen-bond donors (Lipinski definition) is 3. The number of rotatable bonds is 11. The molecule has 0 unspecified atom stereocenters. The maximum Gasteiger partial charge on any atom is 0.416 e. The average molecular weight is 965 g/mol. The van der Waals surface area contributed by atoms with Crippen molar-refractivity contribution in [3.8, 4) is 0 Å². The second kappa shape index (κ2) is 23.8. The Morgan fingerprint density at radius 1 is 0.681 bits per heavy atom. The van der Waals surface area contributed by atoms with E-state index >= 15 is 0 Å². The van der Waals surface area contributed by atoms with Crippen LogP contribution in [0.3, 0.4) is 0 Å². The Morgan fingerprint density at radius 3 is 1.83 bits per heavy atom. The predicted molar refractivity (Wildman–Crippen MR) is 246 cm³/mol. The number of nitrogens with one attached hydrogen (secondary N) is 2. The second-order valence-electron chi connectivity index (χ2n) is 15.6. The number of aromatic nitrogens is 4. The van der Waals surface area contributed by atoms with E-state index in [0.29, 0.717) is 87.4 Å². The van der Waals surface area contributed by atoms with Crippen LogP contribution in [0.15, 0.2) is 102 Å². The molecular weight excluding hydrogens is 917 g/mol. The summed E-state index contributed by atoms with van der Waals surface area (Å²) in [5, 5.41) is 3.00. The van der Waals surface area contributed by atoms with E-state index < -0.39 is 35.1 Å². The van der Waals surface area contributed by atoms with Gasteiger partial charge in [0.1, 0.15) is 6.29 Å². The Hall–Kier alpha value is -7.10. The third-order valence-electron chi connectivity index (χ3n) is 10.6. The molecule has 6 aromatic rings. The van der Waals surface area contributed by atoms with Crippen LogP contribution < -0.4 is 26.4 Å². The van der Waals surface area contributed by atoms with E-state index in [0.717, 1.165) is 65.2 Å². The Balaban J connectivity index is 0.000000188. The minimum Gasteiger partial charge on any atom is -0.378 e. The van der Waals surface area contributed by atoms with Crippen molar-refractivity contribution in [2.24, 2.45) is 10.8 Å². The van der Waals surface area contributed by atoms with E-state index in [-0.39, 0.29) is 24.1 Å². The van der Waals surface area contributed by atoms with Gasteiger partial charge in [0.25, 0.3) is 0 Å². The summed E-state index contributed by atoms with van der Waals surface area (Å²) in [5.41, 5.74) is 6.56. The number of nitrogen functional groups attached to an aromatic ring is 1. The zero-order valence-corrected chi connectivity index (χ0v) is 37.4. The van der Waals surface area contributed by atoms with Crippen molar-refractivity contribution in [1.29, 1.82) is 0 Å². The molecule has 0 bridgehead atoms. The minimum atomic E-state index is -4.40. The molecule has 4 aromatic carbocycles. The van der Waals surface area contributed by atoms with Gasteiger partial charge in [0.2, 0.25) is 5.95 Å². The van der Waals surface area contributed by atoms with Gasteiger partial charge < -0.3 is 24.6 Å². The van der Waals surface area contributed by atoms with Crippen molar-refractivity contribution in [3.63, 3.8) is 0 Å². The summed E-state index contributed by atoms with van der Waals surface area (Å²) in [4.78, 5) is 34.7. The van der Waals surface area contributed by atoms with Crippen LogP contribution in [0.1, 0.15) is 55.1 Å². The molecule has 2 aromatic heterocycles. The highest BCUT2D eigenvalue weighted by Crippen LogP contribution is 2.32. The number of halogens is 8. The maximum atomic E-state index is 14.2. The fourth-order valence-electron chi connectivity index (χ4n) is 7.03. The van der Waals surface area contributed by atoms with Crippen LogP contribution in [-0.2, 0) is 34.8 Å².